The van der Waals surface area contributed by atoms with Crippen LogP contribution in [0.5, 0.6) is 11.5 Å². The van der Waals surface area contributed by atoms with Crippen LogP contribution in [0.25, 0.3) is 6.08 Å². The zero-order chi connectivity index (χ0) is 25.2. The van der Waals surface area contributed by atoms with Gasteiger partial charge in [-0.3, -0.25) is 9.69 Å². The van der Waals surface area contributed by atoms with Gasteiger partial charge < -0.3 is 18.9 Å². The predicted octanol–water partition coefficient (Wildman–Crippen LogP) is 4.23. The summed E-state index contributed by atoms with van der Waals surface area (Å²) in [7, 11) is 4.40. The monoisotopic (exact) mass is 496 g/mol. The lowest BCUT2D eigenvalue weighted by atomic mass is 10.0. The zero-order valence-corrected chi connectivity index (χ0v) is 20.8. The second-order valence-electron chi connectivity index (χ2n) is 7.36. The Hall–Kier alpha value is -3.56. The molecule has 0 N–H and O–H groups in total. The van der Waals surface area contributed by atoms with Crippen molar-refractivity contribution < 1.29 is 28.5 Å². The maximum atomic E-state index is 13.2. The number of hydrogen-bond donors (Lipinski definition) is 0. The first kappa shape index (κ1) is 26.1. The molecule has 2 aromatic rings. The van der Waals surface area contributed by atoms with Crippen LogP contribution >= 0.6 is 11.8 Å². The molecule has 35 heavy (non-hydrogen) atoms. The number of carbonyl (C=O) groups is 2. The number of hydrogen-bond acceptors (Lipinski definition) is 8. The number of methoxy groups -OCH3 is 3. The minimum Gasteiger partial charge on any atom is -0.493 e. The van der Waals surface area contributed by atoms with E-state index in [2.05, 4.69) is 16.3 Å². The summed E-state index contributed by atoms with van der Waals surface area (Å²) in [5, 5.41) is 0.584. The van der Waals surface area contributed by atoms with Gasteiger partial charge in [0.05, 0.1) is 38.0 Å². The number of esters is 1. The lowest BCUT2D eigenvalue weighted by molar-refractivity contribution is -0.143. The van der Waals surface area contributed by atoms with Gasteiger partial charge >= 0.3 is 5.97 Å². The summed E-state index contributed by atoms with van der Waals surface area (Å²) >= 11 is 1.30. The predicted molar refractivity (Wildman–Crippen MR) is 137 cm³/mol. The third kappa shape index (κ3) is 6.74. The summed E-state index contributed by atoms with van der Waals surface area (Å²) in [4.78, 5) is 31.6. The van der Waals surface area contributed by atoms with Crippen LogP contribution in [0.15, 0.2) is 65.0 Å². The number of amidine groups is 1. The third-order valence-corrected chi connectivity index (χ3v) is 5.99. The van der Waals surface area contributed by atoms with E-state index in [9.17, 15) is 9.59 Å². The number of carbonyl (C=O) groups excluding carboxylic acids is 2. The van der Waals surface area contributed by atoms with Gasteiger partial charge in [0.15, 0.2) is 23.3 Å². The second-order valence-corrected chi connectivity index (χ2v) is 8.37. The summed E-state index contributed by atoms with van der Waals surface area (Å²) in [6.45, 7) is 4.32. The Morgan fingerprint density at radius 2 is 1.94 bits per heavy atom. The molecule has 1 saturated heterocycles. The van der Waals surface area contributed by atoms with Crippen LogP contribution in [0.1, 0.15) is 11.1 Å². The lowest BCUT2D eigenvalue weighted by Crippen LogP contribution is -2.32. The molecular formula is C26H28N2O6S. The minimum absolute atomic E-state index is 0.156. The van der Waals surface area contributed by atoms with Crippen molar-refractivity contribution in [1.29, 1.82) is 0 Å². The molecule has 1 aliphatic heterocycles. The fourth-order valence-corrected chi connectivity index (χ4v) is 4.34. The van der Waals surface area contributed by atoms with Crippen LogP contribution in [-0.2, 0) is 25.5 Å². The van der Waals surface area contributed by atoms with Crippen molar-refractivity contribution in [1.82, 2.24) is 4.90 Å². The van der Waals surface area contributed by atoms with Crippen molar-refractivity contribution in [2.45, 2.75) is 6.42 Å². The van der Waals surface area contributed by atoms with Gasteiger partial charge in [-0.25, -0.2) is 9.79 Å². The molecule has 1 aliphatic rings. The van der Waals surface area contributed by atoms with E-state index in [-0.39, 0.29) is 12.5 Å². The maximum Gasteiger partial charge on any atom is 0.343 e. The highest BCUT2D eigenvalue weighted by atomic mass is 32.2. The number of thioether (sulfide) groups is 1. The van der Waals surface area contributed by atoms with E-state index in [1.54, 1.807) is 30.2 Å². The zero-order valence-electron chi connectivity index (χ0n) is 20.0. The molecule has 1 amide bonds. The smallest absolute Gasteiger partial charge is 0.343 e. The Morgan fingerprint density at radius 3 is 2.60 bits per heavy atom. The Morgan fingerprint density at radius 1 is 1.17 bits per heavy atom. The molecule has 184 valence electrons. The molecule has 0 spiro atoms. The van der Waals surface area contributed by atoms with Crippen LogP contribution in [0.2, 0.25) is 0 Å². The molecule has 0 atom stereocenters. The molecule has 9 heteroatoms. The molecular weight excluding hydrogens is 468 g/mol. The van der Waals surface area contributed by atoms with Crippen molar-refractivity contribution in [2.24, 2.45) is 4.99 Å². The quantitative estimate of drug-likeness (QED) is 0.261. The van der Waals surface area contributed by atoms with E-state index in [1.165, 1.54) is 26.0 Å². The largest absolute Gasteiger partial charge is 0.493 e. The van der Waals surface area contributed by atoms with Crippen LogP contribution < -0.4 is 9.47 Å². The van der Waals surface area contributed by atoms with Gasteiger partial charge in [0.1, 0.15) is 0 Å². The average Bonchev–Trinajstić information content (AvgIpc) is 3.15. The number of allylic oxidation sites excluding steroid dienone is 1. The SMILES string of the molecule is C=CCc1cc(C=C2SC(=Nc3ccccc3)N(CCOC)C2=O)cc(OC)c1OCC(=O)OC. The van der Waals surface area contributed by atoms with Crippen molar-refractivity contribution in [3.05, 3.63) is 71.2 Å². The molecule has 8 nitrogen and oxygen atoms in total. The number of para-hydroxylation sites is 1. The van der Waals surface area contributed by atoms with Gasteiger partial charge in [0, 0.05) is 12.7 Å². The van der Waals surface area contributed by atoms with Gasteiger partial charge in [0.25, 0.3) is 5.91 Å². The molecule has 2 aromatic carbocycles. The Kier molecular flexibility index (Phi) is 9.51. The van der Waals surface area contributed by atoms with Crippen LogP contribution in [-0.4, -0.2) is 63.0 Å². The highest BCUT2D eigenvalue weighted by Gasteiger charge is 2.33. The van der Waals surface area contributed by atoms with E-state index in [4.69, 9.17) is 14.2 Å². The number of ether oxygens (including phenoxy) is 4. The molecule has 3 rings (SSSR count). The molecule has 0 bridgehead atoms. The normalized spacial score (nSPS) is 15.5. The summed E-state index contributed by atoms with van der Waals surface area (Å²) in [5.41, 5.74) is 2.26. The van der Waals surface area contributed by atoms with E-state index in [1.807, 2.05) is 36.4 Å². The summed E-state index contributed by atoms with van der Waals surface area (Å²) in [6.07, 6.45) is 3.99. The van der Waals surface area contributed by atoms with Gasteiger partial charge in [0.2, 0.25) is 0 Å². The highest BCUT2D eigenvalue weighted by Crippen LogP contribution is 2.38. The van der Waals surface area contributed by atoms with E-state index in [0.29, 0.717) is 41.1 Å². The first-order valence-electron chi connectivity index (χ1n) is 10.9. The molecule has 0 saturated carbocycles. The number of aliphatic imine (C=N–C) groups is 1. The van der Waals surface area contributed by atoms with Crippen LogP contribution in [0.4, 0.5) is 5.69 Å². The van der Waals surface area contributed by atoms with Gasteiger partial charge in [-0.15, -0.1) is 6.58 Å². The third-order valence-electron chi connectivity index (χ3n) is 4.99. The molecule has 0 radical (unpaired) electrons. The maximum absolute atomic E-state index is 13.2. The van der Waals surface area contributed by atoms with Gasteiger partial charge in [-0.1, -0.05) is 24.3 Å². The van der Waals surface area contributed by atoms with Gasteiger partial charge in [-0.05, 0) is 54.1 Å². The van der Waals surface area contributed by atoms with Crippen molar-refractivity contribution in [3.63, 3.8) is 0 Å². The van der Waals surface area contributed by atoms with E-state index in [0.717, 1.165) is 16.8 Å². The summed E-state index contributed by atoms with van der Waals surface area (Å²) < 4.78 is 21.0. The fourth-order valence-electron chi connectivity index (χ4n) is 3.31. The van der Waals surface area contributed by atoms with Crippen molar-refractivity contribution in [2.75, 3.05) is 41.1 Å². The summed E-state index contributed by atoms with van der Waals surface area (Å²) in [5.74, 6) is 0.206. The van der Waals surface area contributed by atoms with E-state index >= 15 is 0 Å². The summed E-state index contributed by atoms with van der Waals surface area (Å²) in [6, 6.07) is 13.1. The number of rotatable bonds is 11. The molecule has 0 aromatic heterocycles. The molecule has 0 unspecified atom stereocenters. The van der Waals surface area contributed by atoms with Crippen LogP contribution in [0.3, 0.4) is 0 Å². The van der Waals surface area contributed by atoms with Crippen molar-refractivity contribution in [3.8, 4) is 11.5 Å². The van der Waals surface area contributed by atoms with Gasteiger partial charge in [-0.2, -0.15) is 0 Å². The molecule has 1 fully saturated rings. The average molecular weight is 497 g/mol. The highest BCUT2D eigenvalue weighted by molar-refractivity contribution is 8.18. The lowest BCUT2D eigenvalue weighted by Gasteiger charge is -2.15. The standard InChI is InChI=1S/C26H28N2O6S/c1-5-9-19-14-18(15-21(32-3)24(19)34-17-23(29)33-4)16-22-25(30)28(12-13-31-2)26(35-22)27-20-10-7-6-8-11-20/h5-8,10-11,14-16H,1,9,12-13,17H2,2-4H3. The first-order chi connectivity index (χ1) is 17.0. The Labute approximate surface area is 209 Å². The second kappa shape index (κ2) is 12.8. The first-order valence-corrected chi connectivity index (χ1v) is 11.7. The van der Waals surface area contributed by atoms with E-state index < -0.39 is 5.97 Å². The van der Waals surface area contributed by atoms with Crippen LogP contribution in [0, 0.1) is 0 Å². The molecule has 1 heterocycles. The fraction of sp³-hybridized carbons (Fsp3) is 0.269. The minimum atomic E-state index is -0.503. The molecule has 0 aliphatic carbocycles. The number of benzene rings is 2. The number of amides is 1. The number of nitrogens with zero attached hydrogens (tertiary/aromatic N) is 2. The van der Waals surface area contributed by atoms with Crippen molar-refractivity contribution >= 4 is 40.6 Å². The Bertz CT molecular complexity index is 1130. The Balaban J connectivity index is 1.97. The topological polar surface area (TPSA) is 86.7 Å².